The molecule has 1 aliphatic heterocycles. The summed E-state index contributed by atoms with van der Waals surface area (Å²) in [4.78, 5) is 25.6. The summed E-state index contributed by atoms with van der Waals surface area (Å²) < 4.78 is 16.4. The van der Waals surface area contributed by atoms with E-state index in [-0.39, 0.29) is 19.0 Å². The Kier molecular flexibility index (Phi) is 3.97. The van der Waals surface area contributed by atoms with Crippen molar-refractivity contribution in [1.82, 2.24) is 15.0 Å². The SMILES string of the molecule is O=C(Cc1ccc2c(c1)OCO2)Cc1cccc(-c2nc3ncccc3o2)n1. The van der Waals surface area contributed by atoms with Crippen LogP contribution in [0.5, 0.6) is 11.5 Å². The van der Waals surface area contributed by atoms with Gasteiger partial charge >= 0.3 is 0 Å². The molecular weight excluding hydrogens is 358 g/mol. The van der Waals surface area contributed by atoms with Crippen molar-refractivity contribution in [2.45, 2.75) is 12.8 Å². The molecule has 0 aliphatic carbocycles. The average molecular weight is 373 g/mol. The average Bonchev–Trinajstić information content (AvgIpc) is 3.34. The van der Waals surface area contributed by atoms with Gasteiger partial charge in [-0.1, -0.05) is 12.1 Å². The lowest BCUT2D eigenvalue weighted by molar-refractivity contribution is -0.117. The molecule has 0 amide bonds. The van der Waals surface area contributed by atoms with E-state index < -0.39 is 0 Å². The molecule has 4 heterocycles. The van der Waals surface area contributed by atoms with Crippen molar-refractivity contribution < 1.29 is 18.7 Å². The zero-order valence-corrected chi connectivity index (χ0v) is 14.8. The predicted molar refractivity (Wildman–Crippen MR) is 100 cm³/mol. The molecule has 0 saturated carbocycles. The number of pyridine rings is 2. The maximum absolute atomic E-state index is 12.5. The fourth-order valence-electron chi connectivity index (χ4n) is 3.12. The molecule has 7 heteroatoms. The van der Waals surface area contributed by atoms with Gasteiger partial charge in [-0.05, 0) is 42.0 Å². The van der Waals surface area contributed by atoms with Gasteiger partial charge in [0.15, 0.2) is 22.7 Å². The van der Waals surface area contributed by atoms with Crippen LogP contribution in [0.2, 0.25) is 0 Å². The Morgan fingerprint density at radius 2 is 1.89 bits per heavy atom. The molecule has 3 aromatic heterocycles. The second kappa shape index (κ2) is 6.77. The quantitative estimate of drug-likeness (QED) is 0.530. The third-order valence-electron chi connectivity index (χ3n) is 4.41. The number of carbonyl (C=O) groups excluding carboxylic acids is 1. The van der Waals surface area contributed by atoms with Gasteiger partial charge in [-0.3, -0.25) is 4.79 Å². The number of hydrogen-bond acceptors (Lipinski definition) is 7. The van der Waals surface area contributed by atoms with E-state index in [0.29, 0.717) is 46.4 Å². The van der Waals surface area contributed by atoms with E-state index in [1.165, 1.54) is 0 Å². The van der Waals surface area contributed by atoms with Crippen LogP contribution in [0.3, 0.4) is 0 Å². The predicted octanol–water partition coefficient (Wildman–Crippen LogP) is 3.37. The molecular formula is C21H15N3O4. The smallest absolute Gasteiger partial charge is 0.247 e. The topological polar surface area (TPSA) is 87.3 Å². The van der Waals surface area contributed by atoms with Gasteiger partial charge in [0.05, 0.1) is 0 Å². The number of oxazole rings is 1. The van der Waals surface area contributed by atoms with Crippen molar-refractivity contribution in [1.29, 1.82) is 0 Å². The number of ketones is 1. The molecule has 138 valence electrons. The highest BCUT2D eigenvalue weighted by atomic mass is 16.7. The summed E-state index contributed by atoms with van der Waals surface area (Å²) in [5, 5.41) is 0. The van der Waals surface area contributed by atoms with Gasteiger partial charge in [0.2, 0.25) is 12.7 Å². The number of benzene rings is 1. The molecule has 1 aliphatic rings. The van der Waals surface area contributed by atoms with Crippen molar-refractivity contribution in [3.63, 3.8) is 0 Å². The minimum absolute atomic E-state index is 0.0581. The van der Waals surface area contributed by atoms with Gasteiger partial charge < -0.3 is 13.9 Å². The normalized spacial score (nSPS) is 12.4. The van der Waals surface area contributed by atoms with Crippen LogP contribution < -0.4 is 9.47 Å². The van der Waals surface area contributed by atoms with Gasteiger partial charge in [-0.2, -0.15) is 4.98 Å². The number of nitrogens with zero attached hydrogens (tertiary/aromatic N) is 3. The Hall–Kier alpha value is -3.74. The molecule has 0 radical (unpaired) electrons. The van der Waals surface area contributed by atoms with E-state index in [0.717, 1.165) is 5.56 Å². The fraction of sp³-hybridized carbons (Fsp3) is 0.143. The lowest BCUT2D eigenvalue weighted by atomic mass is 10.0. The summed E-state index contributed by atoms with van der Waals surface area (Å²) in [6, 6.07) is 14.6. The monoisotopic (exact) mass is 373 g/mol. The van der Waals surface area contributed by atoms with Crippen LogP contribution in [0.25, 0.3) is 22.8 Å². The highest BCUT2D eigenvalue weighted by molar-refractivity contribution is 5.83. The number of aromatic nitrogens is 3. The fourth-order valence-corrected chi connectivity index (χ4v) is 3.12. The lowest BCUT2D eigenvalue weighted by Gasteiger charge is -2.04. The molecule has 0 bridgehead atoms. The summed E-state index contributed by atoms with van der Waals surface area (Å²) in [5.74, 6) is 1.83. The number of rotatable bonds is 5. The van der Waals surface area contributed by atoms with Gasteiger partial charge in [0, 0.05) is 24.7 Å². The molecule has 0 unspecified atom stereocenters. The van der Waals surface area contributed by atoms with E-state index in [1.54, 1.807) is 24.4 Å². The summed E-state index contributed by atoms with van der Waals surface area (Å²) >= 11 is 0. The molecule has 1 aromatic carbocycles. The Morgan fingerprint density at radius 3 is 2.82 bits per heavy atom. The van der Waals surface area contributed by atoms with Crippen LogP contribution in [-0.2, 0) is 17.6 Å². The van der Waals surface area contributed by atoms with E-state index in [9.17, 15) is 4.79 Å². The summed E-state index contributed by atoms with van der Waals surface area (Å²) in [6.07, 6.45) is 2.18. The molecule has 4 aromatic rings. The summed E-state index contributed by atoms with van der Waals surface area (Å²) in [7, 11) is 0. The molecule has 7 nitrogen and oxygen atoms in total. The van der Waals surface area contributed by atoms with Gasteiger partial charge in [-0.25, -0.2) is 9.97 Å². The van der Waals surface area contributed by atoms with Crippen LogP contribution in [0.1, 0.15) is 11.3 Å². The number of fused-ring (bicyclic) bond motifs is 2. The Balaban J connectivity index is 1.32. The van der Waals surface area contributed by atoms with Crippen LogP contribution in [0.15, 0.2) is 59.1 Å². The Morgan fingerprint density at radius 1 is 0.964 bits per heavy atom. The van der Waals surface area contributed by atoms with Crippen LogP contribution in [0, 0.1) is 0 Å². The highest BCUT2D eigenvalue weighted by Gasteiger charge is 2.16. The van der Waals surface area contributed by atoms with Crippen molar-refractivity contribution in [2.24, 2.45) is 0 Å². The largest absolute Gasteiger partial charge is 0.454 e. The zero-order chi connectivity index (χ0) is 18.9. The van der Waals surface area contributed by atoms with Crippen molar-refractivity contribution in [3.8, 4) is 23.1 Å². The van der Waals surface area contributed by atoms with Crippen molar-refractivity contribution >= 4 is 17.0 Å². The maximum Gasteiger partial charge on any atom is 0.247 e. The Labute approximate surface area is 160 Å². The first kappa shape index (κ1) is 16.4. The number of ether oxygens (including phenoxy) is 2. The summed E-state index contributed by atoms with van der Waals surface area (Å²) in [5.41, 5.74) is 3.26. The molecule has 0 spiro atoms. The first-order valence-electron chi connectivity index (χ1n) is 8.83. The molecule has 0 saturated heterocycles. The Bertz CT molecular complexity index is 1150. The van der Waals surface area contributed by atoms with Crippen molar-refractivity contribution in [2.75, 3.05) is 6.79 Å². The second-order valence-electron chi connectivity index (χ2n) is 6.44. The standard InChI is InChI=1S/C21H15N3O4/c25-15(9-13-6-7-17-19(10-13)27-12-26-17)11-14-3-1-4-16(23-14)21-24-20-18(28-21)5-2-8-22-20/h1-8,10H,9,11-12H2. The third kappa shape index (κ3) is 3.18. The first-order chi connectivity index (χ1) is 13.7. The van der Waals surface area contributed by atoms with E-state index in [4.69, 9.17) is 13.9 Å². The number of hydrogen-bond donors (Lipinski definition) is 0. The van der Waals surface area contributed by atoms with E-state index in [1.807, 2.05) is 30.3 Å². The van der Waals surface area contributed by atoms with Crippen LogP contribution in [0.4, 0.5) is 0 Å². The first-order valence-corrected chi connectivity index (χ1v) is 8.83. The van der Waals surface area contributed by atoms with E-state index >= 15 is 0 Å². The third-order valence-corrected chi connectivity index (χ3v) is 4.41. The second-order valence-corrected chi connectivity index (χ2v) is 6.44. The molecule has 0 fully saturated rings. The van der Waals surface area contributed by atoms with Gasteiger partial charge in [-0.15, -0.1) is 0 Å². The zero-order valence-electron chi connectivity index (χ0n) is 14.8. The van der Waals surface area contributed by atoms with Gasteiger partial charge in [0.1, 0.15) is 11.5 Å². The van der Waals surface area contributed by atoms with E-state index in [2.05, 4.69) is 15.0 Å². The minimum Gasteiger partial charge on any atom is -0.454 e. The van der Waals surface area contributed by atoms with Gasteiger partial charge in [0.25, 0.3) is 0 Å². The van der Waals surface area contributed by atoms with Crippen LogP contribution in [-0.4, -0.2) is 27.5 Å². The number of carbonyl (C=O) groups is 1. The molecule has 5 rings (SSSR count). The molecule has 0 N–H and O–H groups in total. The van der Waals surface area contributed by atoms with Crippen LogP contribution >= 0.6 is 0 Å². The summed E-state index contributed by atoms with van der Waals surface area (Å²) in [6.45, 7) is 0.217. The maximum atomic E-state index is 12.5. The van der Waals surface area contributed by atoms with Crippen molar-refractivity contribution in [3.05, 3.63) is 66.0 Å². The molecule has 0 atom stereocenters. The number of Topliss-reactive ketones (excluding diaryl/α,β-unsaturated/α-hetero) is 1. The minimum atomic E-state index is 0.0581. The lowest BCUT2D eigenvalue weighted by Crippen LogP contribution is -2.08. The molecule has 28 heavy (non-hydrogen) atoms. The highest BCUT2D eigenvalue weighted by Crippen LogP contribution is 2.32.